The summed E-state index contributed by atoms with van der Waals surface area (Å²) in [5.41, 5.74) is 0.828. The Labute approximate surface area is 189 Å². The van der Waals surface area contributed by atoms with E-state index in [1.54, 1.807) is 16.2 Å². The highest BCUT2D eigenvalue weighted by Gasteiger charge is 2.32. The van der Waals surface area contributed by atoms with Crippen molar-refractivity contribution >= 4 is 23.2 Å². The van der Waals surface area contributed by atoms with Crippen molar-refractivity contribution in [3.05, 3.63) is 52.2 Å². The fourth-order valence-electron chi connectivity index (χ4n) is 4.13. The number of benzene rings is 1. The zero-order valence-corrected chi connectivity index (χ0v) is 19.5. The van der Waals surface area contributed by atoms with Crippen molar-refractivity contribution in [1.29, 1.82) is 0 Å². The van der Waals surface area contributed by atoms with Crippen LogP contribution in [0.1, 0.15) is 68.9 Å². The van der Waals surface area contributed by atoms with Crippen molar-refractivity contribution in [2.75, 3.05) is 13.2 Å². The molecule has 1 aliphatic carbocycles. The first-order valence-electron chi connectivity index (χ1n) is 11.5. The molecule has 1 atom stereocenters. The van der Waals surface area contributed by atoms with E-state index in [1.165, 1.54) is 0 Å². The lowest BCUT2D eigenvalue weighted by atomic mass is 10.0. The van der Waals surface area contributed by atoms with Crippen LogP contribution >= 0.6 is 11.3 Å². The summed E-state index contributed by atoms with van der Waals surface area (Å²) in [6, 6.07) is 11.1. The number of carbonyl (C=O) groups is 2. The van der Waals surface area contributed by atoms with E-state index in [4.69, 9.17) is 4.74 Å². The first-order chi connectivity index (χ1) is 15.1. The smallest absolute Gasteiger partial charge is 0.247 e. The van der Waals surface area contributed by atoms with Crippen LogP contribution < -0.4 is 10.1 Å². The van der Waals surface area contributed by atoms with E-state index in [9.17, 15) is 9.59 Å². The van der Waals surface area contributed by atoms with Gasteiger partial charge in [0.05, 0.1) is 13.0 Å². The summed E-state index contributed by atoms with van der Waals surface area (Å²) in [5, 5.41) is 5.21. The maximum absolute atomic E-state index is 13.5. The highest BCUT2D eigenvalue weighted by Crippen LogP contribution is 2.27. The van der Waals surface area contributed by atoms with Gasteiger partial charge in [-0.05, 0) is 55.3 Å². The van der Waals surface area contributed by atoms with Crippen LogP contribution in [0.5, 0.6) is 5.75 Å². The van der Waals surface area contributed by atoms with E-state index in [2.05, 4.69) is 12.2 Å². The second-order valence-corrected chi connectivity index (χ2v) is 9.12. The number of ether oxygens (including phenoxy) is 1. The molecule has 1 aliphatic rings. The van der Waals surface area contributed by atoms with Gasteiger partial charge in [0.15, 0.2) is 0 Å². The van der Waals surface area contributed by atoms with Gasteiger partial charge in [-0.1, -0.05) is 44.4 Å². The van der Waals surface area contributed by atoms with Crippen molar-refractivity contribution < 1.29 is 14.3 Å². The number of nitrogens with one attached hydrogen (secondary N) is 1. The van der Waals surface area contributed by atoms with Crippen LogP contribution in [0.4, 0.5) is 0 Å². The van der Waals surface area contributed by atoms with Gasteiger partial charge >= 0.3 is 0 Å². The zero-order chi connectivity index (χ0) is 22.1. The van der Waals surface area contributed by atoms with Gasteiger partial charge in [0.1, 0.15) is 11.8 Å². The van der Waals surface area contributed by atoms with Gasteiger partial charge in [0.2, 0.25) is 11.8 Å². The Morgan fingerprint density at radius 1 is 1.16 bits per heavy atom. The molecule has 1 heterocycles. The molecule has 31 heavy (non-hydrogen) atoms. The molecule has 3 rings (SSSR count). The van der Waals surface area contributed by atoms with Gasteiger partial charge in [-0.25, -0.2) is 0 Å². The quantitative estimate of drug-likeness (QED) is 0.526. The average molecular weight is 443 g/mol. The standard InChI is InChI=1S/C25H34N2O3S/c1-3-5-16-27(23(28)18-22-11-8-17-31-22)24(25(29)26-20-9-6-7-10-20)19-12-14-21(15-13-19)30-4-2/h8,11-15,17,20,24H,3-7,9-10,16,18H2,1-2H3,(H,26,29)/t24-/m0/s1. The van der Waals surface area contributed by atoms with Gasteiger partial charge in [-0.15, -0.1) is 11.3 Å². The number of hydrogen-bond acceptors (Lipinski definition) is 4. The average Bonchev–Trinajstić information content (AvgIpc) is 3.46. The molecule has 5 nitrogen and oxygen atoms in total. The topological polar surface area (TPSA) is 58.6 Å². The number of unbranched alkanes of at least 4 members (excludes halogenated alkanes) is 1. The van der Waals surface area contributed by atoms with Gasteiger partial charge in [-0.3, -0.25) is 9.59 Å². The van der Waals surface area contributed by atoms with Crippen LogP contribution in [0.25, 0.3) is 0 Å². The fourth-order valence-corrected chi connectivity index (χ4v) is 4.82. The summed E-state index contributed by atoms with van der Waals surface area (Å²) >= 11 is 1.58. The third-order valence-electron chi connectivity index (χ3n) is 5.75. The molecule has 2 aromatic rings. The SMILES string of the molecule is CCCCN(C(=O)Cc1cccs1)[C@H](C(=O)NC1CCCC1)c1ccc(OCC)cc1. The monoisotopic (exact) mass is 442 g/mol. The fraction of sp³-hybridized carbons (Fsp3) is 0.520. The van der Waals surface area contributed by atoms with Crippen molar-refractivity contribution in [2.24, 2.45) is 0 Å². The summed E-state index contributed by atoms with van der Waals surface area (Å²) in [5.74, 6) is 0.689. The van der Waals surface area contributed by atoms with Gasteiger partial charge in [0.25, 0.3) is 0 Å². The lowest BCUT2D eigenvalue weighted by Crippen LogP contribution is -2.46. The molecule has 0 aliphatic heterocycles. The van der Waals surface area contributed by atoms with E-state index in [-0.39, 0.29) is 17.9 Å². The number of nitrogens with zero attached hydrogens (tertiary/aromatic N) is 1. The van der Waals surface area contributed by atoms with E-state index < -0.39 is 6.04 Å². The molecule has 1 N–H and O–H groups in total. The molecule has 0 saturated heterocycles. The maximum atomic E-state index is 13.5. The van der Waals surface area contributed by atoms with E-state index in [0.717, 1.165) is 54.7 Å². The largest absolute Gasteiger partial charge is 0.494 e. The Hall–Kier alpha value is -2.34. The number of carbonyl (C=O) groups excluding carboxylic acids is 2. The Morgan fingerprint density at radius 2 is 1.90 bits per heavy atom. The summed E-state index contributed by atoms with van der Waals surface area (Å²) in [6.07, 6.45) is 6.47. The Kier molecular flexibility index (Phi) is 8.95. The van der Waals surface area contributed by atoms with Crippen molar-refractivity contribution in [3.63, 3.8) is 0 Å². The summed E-state index contributed by atoms with van der Waals surface area (Å²) in [4.78, 5) is 29.7. The number of rotatable bonds is 11. The normalized spacial score (nSPS) is 14.9. The lowest BCUT2D eigenvalue weighted by Gasteiger charge is -2.32. The van der Waals surface area contributed by atoms with Crippen LogP contribution in [0, 0.1) is 0 Å². The predicted molar refractivity (Wildman–Crippen MR) is 125 cm³/mol. The van der Waals surface area contributed by atoms with Crippen molar-refractivity contribution in [2.45, 2.75) is 70.9 Å². The molecule has 2 amide bonds. The van der Waals surface area contributed by atoms with Crippen LogP contribution in [-0.2, 0) is 16.0 Å². The maximum Gasteiger partial charge on any atom is 0.247 e. The van der Waals surface area contributed by atoms with Gasteiger partial charge < -0.3 is 15.0 Å². The molecule has 0 bridgehead atoms. The molecule has 1 aromatic carbocycles. The van der Waals surface area contributed by atoms with Crippen LogP contribution in [-0.4, -0.2) is 35.9 Å². The first kappa shape index (κ1) is 23.3. The molecule has 168 valence electrons. The molecule has 0 radical (unpaired) electrons. The number of amides is 2. The number of hydrogen-bond donors (Lipinski definition) is 1. The third-order valence-corrected chi connectivity index (χ3v) is 6.62. The zero-order valence-electron chi connectivity index (χ0n) is 18.6. The van der Waals surface area contributed by atoms with Crippen molar-refractivity contribution in [1.82, 2.24) is 10.2 Å². The first-order valence-corrected chi connectivity index (χ1v) is 12.3. The molecular formula is C25H34N2O3S. The van der Waals surface area contributed by atoms with E-state index in [0.29, 0.717) is 19.6 Å². The van der Waals surface area contributed by atoms with Gasteiger partial charge in [-0.2, -0.15) is 0 Å². The van der Waals surface area contributed by atoms with Crippen LogP contribution in [0.2, 0.25) is 0 Å². The minimum atomic E-state index is -0.629. The Bertz CT molecular complexity index is 814. The summed E-state index contributed by atoms with van der Waals surface area (Å²) in [6.45, 7) is 5.21. The predicted octanol–water partition coefficient (Wildman–Crippen LogP) is 5.12. The highest BCUT2D eigenvalue weighted by atomic mass is 32.1. The lowest BCUT2D eigenvalue weighted by molar-refractivity contribution is -0.140. The molecule has 0 unspecified atom stereocenters. The summed E-state index contributed by atoms with van der Waals surface area (Å²) < 4.78 is 5.57. The van der Waals surface area contributed by atoms with E-state index >= 15 is 0 Å². The Balaban J connectivity index is 1.88. The van der Waals surface area contributed by atoms with Crippen LogP contribution in [0.3, 0.4) is 0 Å². The minimum absolute atomic E-state index is 0.00337. The molecule has 1 saturated carbocycles. The minimum Gasteiger partial charge on any atom is -0.494 e. The molecule has 0 spiro atoms. The van der Waals surface area contributed by atoms with Crippen molar-refractivity contribution in [3.8, 4) is 5.75 Å². The second kappa shape index (κ2) is 11.9. The second-order valence-electron chi connectivity index (χ2n) is 8.09. The number of thiophene rings is 1. The molecular weight excluding hydrogens is 408 g/mol. The van der Waals surface area contributed by atoms with E-state index in [1.807, 2.05) is 48.7 Å². The summed E-state index contributed by atoms with van der Waals surface area (Å²) in [7, 11) is 0. The Morgan fingerprint density at radius 3 is 2.52 bits per heavy atom. The molecule has 6 heteroatoms. The molecule has 1 fully saturated rings. The molecule has 1 aromatic heterocycles. The highest BCUT2D eigenvalue weighted by molar-refractivity contribution is 7.10. The third kappa shape index (κ3) is 6.57. The van der Waals surface area contributed by atoms with Crippen LogP contribution in [0.15, 0.2) is 41.8 Å². The van der Waals surface area contributed by atoms with Gasteiger partial charge in [0, 0.05) is 17.5 Å².